The van der Waals surface area contributed by atoms with Crippen LogP contribution in [0.5, 0.6) is 5.75 Å². The van der Waals surface area contributed by atoms with Gasteiger partial charge in [-0.05, 0) is 42.9 Å². The lowest BCUT2D eigenvalue weighted by molar-refractivity contribution is 0.0848. The second-order valence-electron chi connectivity index (χ2n) is 5.56. The van der Waals surface area contributed by atoms with Crippen LogP contribution in [0.4, 0.5) is 0 Å². The minimum atomic E-state index is -0.208. The molecular formula is C15H21NO2. The fourth-order valence-electron chi connectivity index (χ4n) is 3.37. The molecule has 0 bridgehead atoms. The largest absolute Gasteiger partial charge is 0.508 e. The molecule has 0 aliphatic heterocycles. The second kappa shape index (κ2) is 4.90. The summed E-state index contributed by atoms with van der Waals surface area (Å²) < 4.78 is 0. The first kappa shape index (κ1) is 12.0. The van der Waals surface area contributed by atoms with E-state index in [-0.39, 0.29) is 12.1 Å². The minimum Gasteiger partial charge on any atom is -0.508 e. The highest BCUT2D eigenvalue weighted by atomic mass is 16.3. The maximum absolute atomic E-state index is 10.0. The Kier molecular flexibility index (Phi) is 3.27. The van der Waals surface area contributed by atoms with Crippen LogP contribution in [0.15, 0.2) is 18.2 Å². The molecule has 0 amide bonds. The van der Waals surface area contributed by atoms with Crippen molar-refractivity contribution in [1.29, 1.82) is 0 Å². The number of benzene rings is 1. The number of aliphatic hydroxyl groups is 1. The molecule has 1 aromatic carbocycles. The van der Waals surface area contributed by atoms with Crippen molar-refractivity contribution in [1.82, 2.24) is 5.32 Å². The molecule has 3 nitrogen and oxygen atoms in total. The third-order valence-electron chi connectivity index (χ3n) is 4.39. The topological polar surface area (TPSA) is 52.5 Å². The smallest absolute Gasteiger partial charge is 0.119 e. The summed E-state index contributed by atoms with van der Waals surface area (Å²) in [5.74, 6) is 0.418. The monoisotopic (exact) mass is 247 g/mol. The van der Waals surface area contributed by atoms with Gasteiger partial charge in [0, 0.05) is 12.1 Å². The zero-order valence-electron chi connectivity index (χ0n) is 10.6. The molecule has 3 atom stereocenters. The van der Waals surface area contributed by atoms with Crippen molar-refractivity contribution in [3.8, 4) is 5.75 Å². The average Bonchev–Trinajstić information content (AvgIpc) is 2.77. The van der Waals surface area contributed by atoms with Gasteiger partial charge < -0.3 is 15.5 Å². The van der Waals surface area contributed by atoms with Crippen molar-refractivity contribution in [2.24, 2.45) is 0 Å². The molecule has 3 rings (SSSR count). The molecule has 98 valence electrons. The molecule has 3 heteroatoms. The first-order chi connectivity index (χ1) is 8.75. The molecule has 0 aromatic heterocycles. The van der Waals surface area contributed by atoms with E-state index in [1.165, 1.54) is 12.0 Å². The summed E-state index contributed by atoms with van der Waals surface area (Å²) in [6.07, 6.45) is 6.07. The van der Waals surface area contributed by atoms with E-state index in [0.717, 1.165) is 37.7 Å². The summed E-state index contributed by atoms with van der Waals surface area (Å²) in [7, 11) is 0. The molecule has 1 aromatic rings. The lowest BCUT2D eigenvalue weighted by atomic mass is 9.91. The Bertz CT molecular complexity index is 433. The van der Waals surface area contributed by atoms with Gasteiger partial charge in [-0.3, -0.25) is 0 Å². The number of aliphatic hydroxyl groups excluding tert-OH is 1. The average molecular weight is 247 g/mol. The van der Waals surface area contributed by atoms with Crippen molar-refractivity contribution in [2.75, 3.05) is 0 Å². The fraction of sp³-hybridized carbons (Fsp3) is 0.600. The Morgan fingerprint density at radius 3 is 2.78 bits per heavy atom. The van der Waals surface area contributed by atoms with Gasteiger partial charge in [0.1, 0.15) is 5.75 Å². The van der Waals surface area contributed by atoms with Gasteiger partial charge in [-0.25, -0.2) is 0 Å². The van der Waals surface area contributed by atoms with Crippen LogP contribution < -0.4 is 5.32 Å². The van der Waals surface area contributed by atoms with Crippen LogP contribution >= 0.6 is 0 Å². The van der Waals surface area contributed by atoms with E-state index in [9.17, 15) is 10.2 Å². The zero-order chi connectivity index (χ0) is 12.5. The van der Waals surface area contributed by atoms with E-state index in [1.807, 2.05) is 6.07 Å². The van der Waals surface area contributed by atoms with E-state index in [2.05, 4.69) is 11.4 Å². The molecule has 1 saturated carbocycles. The summed E-state index contributed by atoms with van der Waals surface area (Å²) >= 11 is 0. The molecule has 3 unspecified atom stereocenters. The number of phenols is 1. The van der Waals surface area contributed by atoms with Gasteiger partial charge in [0.25, 0.3) is 0 Å². The van der Waals surface area contributed by atoms with Crippen LogP contribution in [0.1, 0.15) is 49.3 Å². The second-order valence-corrected chi connectivity index (χ2v) is 5.56. The van der Waals surface area contributed by atoms with Crippen molar-refractivity contribution < 1.29 is 10.2 Å². The van der Waals surface area contributed by atoms with Crippen molar-refractivity contribution >= 4 is 0 Å². The van der Waals surface area contributed by atoms with Gasteiger partial charge in [0.15, 0.2) is 0 Å². The highest BCUT2D eigenvalue weighted by molar-refractivity contribution is 5.44. The predicted molar refractivity (Wildman–Crippen MR) is 70.6 cm³/mol. The van der Waals surface area contributed by atoms with Gasteiger partial charge in [0.2, 0.25) is 0 Å². The van der Waals surface area contributed by atoms with Crippen LogP contribution in [-0.2, 0) is 6.42 Å². The summed E-state index contributed by atoms with van der Waals surface area (Å²) in [6.45, 7) is 0. The third kappa shape index (κ3) is 2.13. The lowest BCUT2D eigenvalue weighted by Crippen LogP contribution is -2.43. The van der Waals surface area contributed by atoms with Gasteiger partial charge in [-0.15, -0.1) is 0 Å². The number of hydrogen-bond donors (Lipinski definition) is 3. The van der Waals surface area contributed by atoms with E-state index < -0.39 is 0 Å². The number of rotatable bonds is 2. The zero-order valence-corrected chi connectivity index (χ0v) is 10.6. The Hall–Kier alpha value is -1.06. The standard InChI is InChI=1S/C15H21NO2/c17-14-7-3-4-10-11(14)8-9-12(10)16-13-5-1-2-6-15(13)18/h3-4,7,12-13,15-18H,1-2,5-6,8-9H2. The van der Waals surface area contributed by atoms with Crippen LogP contribution in [0.3, 0.4) is 0 Å². The highest BCUT2D eigenvalue weighted by Crippen LogP contribution is 2.37. The number of phenolic OH excluding ortho intramolecular Hbond substituents is 1. The SMILES string of the molecule is Oc1cccc2c1CCC2NC1CCCCC1O. The maximum atomic E-state index is 10.0. The van der Waals surface area contributed by atoms with E-state index in [1.54, 1.807) is 6.07 Å². The predicted octanol–water partition coefficient (Wildman–Crippen LogP) is 2.27. The molecule has 18 heavy (non-hydrogen) atoms. The van der Waals surface area contributed by atoms with E-state index >= 15 is 0 Å². The Balaban J connectivity index is 1.74. The quantitative estimate of drug-likeness (QED) is 0.751. The Morgan fingerprint density at radius 1 is 1.11 bits per heavy atom. The lowest BCUT2D eigenvalue weighted by Gasteiger charge is -2.31. The summed E-state index contributed by atoms with van der Waals surface area (Å²) in [5, 5.41) is 23.4. The summed E-state index contributed by atoms with van der Waals surface area (Å²) in [6, 6.07) is 6.28. The molecule has 0 saturated heterocycles. The first-order valence-corrected chi connectivity index (χ1v) is 7.00. The first-order valence-electron chi connectivity index (χ1n) is 7.00. The Labute approximate surface area is 108 Å². The number of hydrogen-bond acceptors (Lipinski definition) is 3. The summed E-state index contributed by atoms with van der Waals surface area (Å²) in [5.41, 5.74) is 2.30. The molecule has 0 heterocycles. The molecular weight excluding hydrogens is 226 g/mol. The van der Waals surface area contributed by atoms with E-state index in [4.69, 9.17) is 0 Å². The normalized spacial score (nSPS) is 31.3. The number of fused-ring (bicyclic) bond motifs is 1. The van der Waals surface area contributed by atoms with Gasteiger partial charge in [-0.2, -0.15) is 0 Å². The van der Waals surface area contributed by atoms with Crippen LogP contribution in [0.2, 0.25) is 0 Å². The molecule has 2 aliphatic rings. The minimum absolute atomic E-state index is 0.208. The van der Waals surface area contributed by atoms with Crippen molar-refractivity contribution in [2.45, 2.75) is 56.7 Å². The van der Waals surface area contributed by atoms with Gasteiger partial charge in [0.05, 0.1) is 6.10 Å². The maximum Gasteiger partial charge on any atom is 0.119 e. The molecule has 0 radical (unpaired) electrons. The van der Waals surface area contributed by atoms with Crippen molar-refractivity contribution in [3.63, 3.8) is 0 Å². The fourth-order valence-corrected chi connectivity index (χ4v) is 3.37. The van der Waals surface area contributed by atoms with Crippen LogP contribution in [0, 0.1) is 0 Å². The molecule has 0 spiro atoms. The van der Waals surface area contributed by atoms with Gasteiger partial charge in [-0.1, -0.05) is 25.0 Å². The Morgan fingerprint density at radius 2 is 1.94 bits per heavy atom. The van der Waals surface area contributed by atoms with Crippen LogP contribution in [-0.4, -0.2) is 22.4 Å². The van der Waals surface area contributed by atoms with Crippen molar-refractivity contribution in [3.05, 3.63) is 29.3 Å². The van der Waals surface area contributed by atoms with Gasteiger partial charge >= 0.3 is 0 Å². The highest BCUT2D eigenvalue weighted by Gasteiger charge is 2.30. The molecule has 3 N–H and O–H groups in total. The number of nitrogens with one attached hydrogen (secondary N) is 1. The van der Waals surface area contributed by atoms with E-state index in [0.29, 0.717) is 11.8 Å². The molecule has 2 aliphatic carbocycles. The summed E-state index contributed by atoms with van der Waals surface area (Å²) in [4.78, 5) is 0. The number of aromatic hydroxyl groups is 1. The third-order valence-corrected chi connectivity index (χ3v) is 4.39. The molecule has 1 fully saturated rings. The van der Waals surface area contributed by atoms with Crippen LogP contribution in [0.25, 0.3) is 0 Å².